The van der Waals surface area contributed by atoms with Crippen molar-refractivity contribution < 1.29 is 14.0 Å². The van der Waals surface area contributed by atoms with E-state index in [0.717, 1.165) is 10.0 Å². The van der Waals surface area contributed by atoms with Gasteiger partial charge in [-0.3, -0.25) is 9.59 Å². The molecule has 0 saturated carbocycles. The van der Waals surface area contributed by atoms with E-state index in [9.17, 15) is 14.0 Å². The highest BCUT2D eigenvalue weighted by Crippen LogP contribution is 2.16. The fourth-order valence-corrected chi connectivity index (χ4v) is 2.92. The van der Waals surface area contributed by atoms with Crippen molar-refractivity contribution in [3.8, 4) is 0 Å². The summed E-state index contributed by atoms with van der Waals surface area (Å²) < 4.78 is 14.1. The quantitative estimate of drug-likeness (QED) is 0.713. The number of amides is 2. The third-order valence-corrected chi connectivity index (χ3v) is 4.66. The normalized spacial score (nSPS) is 11.9. The lowest BCUT2D eigenvalue weighted by atomic mass is 10.1. The van der Waals surface area contributed by atoms with Gasteiger partial charge in [-0.1, -0.05) is 40.2 Å². The second-order valence-corrected chi connectivity index (χ2v) is 7.71. The molecule has 0 aliphatic heterocycles. The van der Waals surface area contributed by atoms with Crippen LogP contribution in [0.15, 0.2) is 53.0 Å². The summed E-state index contributed by atoms with van der Waals surface area (Å²) in [5, 5.41) is 2.85. The standard InChI is InChI=1S/C21H24BrFN2O2/c1-14(2)24-21(27)15(3)25(13-17-4-8-18(22)9-5-17)20(26)12-16-6-10-19(23)11-7-16/h4-11,14-15H,12-13H2,1-3H3,(H,24,27)/t15-/m0/s1. The fraction of sp³-hybridized carbons (Fsp3) is 0.333. The summed E-state index contributed by atoms with van der Waals surface area (Å²) in [7, 11) is 0. The van der Waals surface area contributed by atoms with Gasteiger partial charge in [0.15, 0.2) is 0 Å². The van der Waals surface area contributed by atoms with Gasteiger partial charge in [-0.2, -0.15) is 0 Å². The second-order valence-electron chi connectivity index (χ2n) is 6.79. The zero-order chi connectivity index (χ0) is 20.0. The Hall–Kier alpha value is -2.21. The van der Waals surface area contributed by atoms with Crippen molar-refractivity contribution in [2.45, 2.75) is 45.8 Å². The van der Waals surface area contributed by atoms with E-state index in [-0.39, 0.29) is 30.1 Å². The highest BCUT2D eigenvalue weighted by molar-refractivity contribution is 9.10. The fourth-order valence-electron chi connectivity index (χ4n) is 2.65. The molecule has 0 saturated heterocycles. The van der Waals surface area contributed by atoms with Crippen LogP contribution in [0.1, 0.15) is 31.9 Å². The van der Waals surface area contributed by atoms with E-state index in [1.807, 2.05) is 38.1 Å². The molecule has 0 bridgehead atoms. The van der Waals surface area contributed by atoms with E-state index < -0.39 is 6.04 Å². The van der Waals surface area contributed by atoms with E-state index in [4.69, 9.17) is 0 Å². The van der Waals surface area contributed by atoms with Crippen molar-refractivity contribution in [1.82, 2.24) is 10.2 Å². The average molecular weight is 435 g/mol. The van der Waals surface area contributed by atoms with Gasteiger partial charge in [-0.15, -0.1) is 0 Å². The molecule has 2 rings (SSSR count). The number of halogens is 2. The monoisotopic (exact) mass is 434 g/mol. The van der Waals surface area contributed by atoms with Crippen molar-refractivity contribution in [2.75, 3.05) is 0 Å². The number of rotatable bonds is 7. The van der Waals surface area contributed by atoms with Gasteiger partial charge in [0, 0.05) is 17.1 Å². The lowest BCUT2D eigenvalue weighted by Crippen LogP contribution is -2.49. The van der Waals surface area contributed by atoms with Gasteiger partial charge in [0.05, 0.1) is 6.42 Å². The van der Waals surface area contributed by atoms with Crippen LogP contribution in [0.4, 0.5) is 4.39 Å². The number of carbonyl (C=O) groups is 2. The molecule has 2 aromatic carbocycles. The molecule has 2 amide bonds. The van der Waals surface area contributed by atoms with Crippen molar-refractivity contribution in [1.29, 1.82) is 0 Å². The Labute approximate surface area is 167 Å². The first-order chi connectivity index (χ1) is 12.8. The third kappa shape index (κ3) is 6.47. The minimum absolute atomic E-state index is 0.0123. The predicted octanol–water partition coefficient (Wildman–Crippen LogP) is 4.07. The van der Waals surface area contributed by atoms with Crippen molar-refractivity contribution in [3.63, 3.8) is 0 Å². The smallest absolute Gasteiger partial charge is 0.242 e. The van der Waals surface area contributed by atoms with E-state index in [0.29, 0.717) is 12.1 Å². The van der Waals surface area contributed by atoms with Crippen molar-refractivity contribution in [3.05, 3.63) is 69.9 Å². The predicted molar refractivity (Wildman–Crippen MR) is 108 cm³/mol. The Morgan fingerprint density at radius 1 is 1.00 bits per heavy atom. The summed E-state index contributed by atoms with van der Waals surface area (Å²) in [6.07, 6.45) is 0.107. The molecule has 0 radical (unpaired) electrons. The first-order valence-electron chi connectivity index (χ1n) is 8.85. The summed E-state index contributed by atoms with van der Waals surface area (Å²) in [5.74, 6) is -0.729. The molecule has 0 heterocycles. The molecule has 0 aliphatic rings. The molecule has 1 N–H and O–H groups in total. The summed E-state index contributed by atoms with van der Waals surface area (Å²) in [6, 6.07) is 12.8. The van der Waals surface area contributed by atoms with E-state index in [2.05, 4.69) is 21.2 Å². The SMILES string of the molecule is CC(C)NC(=O)[C@H](C)N(Cc1ccc(Br)cc1)C(=O)Cc1ccc(F)cc1. The van der Waals surface area contributed by atoms with Gasteiger partial charge < -0.3 is 10.2 Å². The first-order valence-corrected chi connectivity index (χ1v) is 9.64. The number of benzene rings is 2. The maximum absolute atomic E-state index is 13.1. The van der Waals surface area contributed by atoms with Gasteiger partial charge in [-0.25, -0.2) is 4.39 Å². The maximum Gasteiger partial charge on any atom is 0.242 e. The molecule has 27 heavy (non-hydrogen) atoms. The topological polar surface area (TPSA) is 49.4 Å². The van der Waals surface area contributed by atoms with Crippen molar-refractivity contribution >= 4 is 27.7 Å². The number of hydrogen-bond acceptors (Lipinski definition) is 2. The second kappa shape index (κ2) is 9.65. The van der Waals surface area contributed by atoms with E-state index >= 15 is 0 Å². The summed E-state index contributed by atoms with van der Waals surface area (Å²) in [4.78, 5) is 27.0. The summed E-state index contributed by atoms with van der Waals surface area (Å²) in [6.45, 7) is 5.80. The molecule has 0 unspecified atom stereocenters. The molecule has 0 aliphatic carbocycles. The van der Waals surface area contributed by atoms with Gasteiger partial charge in [0.1, 0.15) is 11.9 Å². The van der Waals surface area contributed by atoms with Crippen LogP contribution in [0.3, 0.4) is 0 Å². The molecular formula is C21H24BrFN2O2. The van der Waals surface area contributed by atoms with Crippen LogP contribution < -0.4 is 5.32 Å². The Morgan fingerprint density at radius 3 is 2.11 bits per heavy atom. The van der Waals surface area contributed by atoms with Crippen LogP contribution in [-0.2, 0) is 22.6 Å². The molecule has 144 valence electrons. The van der Waals surface area contributed by atoms with Crippen LogP contribution in [-0.4, -0.2) is 28.8 Å². The Kier molecular flexibility index (Phi) is 7.54. The zero-order valence-corrected chi connectivity index (χ0v) is 17.3. The van der Waals surface area contributed by atoms with Crippen LogP contribution >= 0.6 is 15.9 Å². The molecule has 0 spiro atoms. The molecule has 1 atom stereocenters. The number of nitrogens with one attached hydrogen (secondary N) is 1. The lowest BCUT2D eigenvalue weighted by Gasteiger charge is -2.29. The molecule has 2 aromatic rings. The van der Waals surface area contributed by atoms with Crippen molar-refractivity contribution in [2.24, 2.45) is 0 Å². The van der Waals surface area contributed by atoms with Gasteiger partial charge in [0.25, 0.3) is 0 Å². The van der Waals surface area contributed by atoms with E-state index in [1.165, 1.54) is 12.1 Å². The van der Waals surface area contributed by atoms with Crippen LogP contribution in [0.5, 0.6) is 0 Å². The summed E-state index contributed by atoms with van der Waals surface area (Å²) >= 11 is 3.39. The van der Waals surface area contributed by atoms with Gasteiger partial charge >= 0.3 is 0 Å². The van der Waals surface area contributed by atoms with E-state index in [1.54, 1.807) is 24.0 Å². The van der Waals surface area contributed by atoms with Gasteiger partial charge in [-0.05, 0) is 56.2 Å². The van der Waals surface area contributed by atoms with Gasteiger partial charge in [0.2, 0.25) is 11.8 Å². The van der Waals surface area contributed by atoms with Crippen LogP contribution in [0, 0.1) is 5.82 Å². The molecule has 4 nitrogen and oxygen atoms in total. The molecule has 6 heteroatoms. The minimum atomic E-state index is -0.621. The first kappa shape index (κ1) is 21.1. The van der Waals surface area contributed by atoms with Crippen LogP contribution in [0.25, 0.3) is 0 Å². The number of nitrogens with zero attached hydrogens (tertiary/aromatic N) is 1. The Bertz CT molecular complexity index is 776. The molecule has 0 fully saturated rings. The van der Waals surface area contributed by atoms with Crippen LogP contribution in [0.2, 0.25) is 0 Å². The Morgan fingerprint density at radius 2 is 1.56 bits per heavy atom. The largest absolute Gasteiger partial charge is 0.352 e. The lowest BCUT2D eigenvalue weighted by molar-refractivity contribution is -0.140. The third-order valence-electron chi connectivity index (χ3n) is 4.13. The molecular weight excluding hydrogens is 411 g/mol. The minimum Gasteiger partial charge on any atom is -0.352 e. The summed E-state index contributed by atoms with van der Waals surface area (Å²) in [5.41, 5.74) is 1.63. The average Bonchev–Trinajstić information content (AvgIpc) is 2.62. The molecule has 0 aromatic heterocycles. The number of carbonyl (C=O) groups excluding carboxylic acids is 2. The highest BCUT2D eigenvalue weighted by atomic mass is 79.9. The number of hydrogen-bond donors (Lipinski definition) is 1. The maximum atomic E-state index is 13.1. The zero-order valence-electron chi connectivity index (χ0n) is 15.7. The Balaban J connectivity index is 2.21. The highest BCUT2D eigenvalue weighted by Gasteiger charge is 2.26.